The number of hydrogen-bond acceptors (Lipinski definition) is 4. The molecule has 0 fully saturated rings. The number of thioether (sulfide) groups is 1. The molecule has 1 aromatic heterocycles. The quantitative estimate of drug-likeness (QED) is 0.168. The first-order chi connectivity index (χ1) is 30.2. The predicted molar refractivity (Wildman–Crippen MR) is 256 cm³/mol. The Labute approximate surface area is 358 Å². The van der Waals surface area contributed by atoms with Crippen molar-refractivity contribution in [2.24, 2.45) is 0 Å². The van der Waals surface area contributed by atoms with Crippen molar-refractivity contribution in [2.75, 3.05) is 0 Å². The Morgan fingerprint density at radius 2 is 0.787 bits per heavy atom. The molecule has 10 aromatic rings. The Morgan fingerprint density at radius 3 is 1.48 bits per heavy atom. The van der Waals surface area contributed by atoms with E-state index in [0.717, 1.165) is 33.0 Å². The maximum atomic E-state index is 5.27. The summed E-state index contributed by atoms with van der Waals surface area (Å²) in [6, 6.07) is 67.3. The lowest BCUT2D eigenvalue weighted by Gasteiger charge is -2.15. The maximum Gasteiger partial charge on any atom is 0.164 e. The highest BCUT2D eigenvalue weighted by molar-refractivity contribution is 8.00. The van der Waals surface area contributed by atoms with Gasteiger partial charge in [-0.25, -0.2) is 15.0 Å². The van der Waals surface area contributed by atoms with E-state index in [0.29, 0.717) is 28.6 Å². The largest absolute Gasteiger partial charge is 0.208 e. The normalized spacial score (nSPS) is 15.3. The van der Waals surface area contributed by atoms with Crippen molar-refractivity contribution in [3.63, 3.8) is 0 Å². The van der Waals surface area contributed by atoms with E-state index >= 15 is 0 Å². The molecular formula is C57H37N3S. The Hall–Kier alpha value is -7.40. The van der Waals surface area contributed by atoms with Gasteiger partial charge in [-0.05, 0) is 77.3 Å². The summed E-state index contributed by atoms with van der Waals surface area (Å²) in [6.07, 6.45) is 9.02. The van der Waals surface area contributed by atoms with Gasteiger partial charge in [-0.3, -0.25) is 0 Å². The lowest BCUT2D eigenvalue weighted by molar-refractivity contribution is 0.881. The van der Waals surface area contributed by atoms with Crippen molar-refractivity contribution in [2.45, 2.75) is 16.1 Å². The van der Waals surface area contributed by atoms with Crippen LogP contribution in [0, 0.1) is 0 Å². The Kier molecular flexibility index (Phi) is 8.56. The van der Waals surface area contributed by atoms with Crippen LogP contribution in [0.3, 0.4) is 0 Å². The number of nitrogens with zero attached hydrogens (tertiary/aromatic N) is 3. The van der Waals surface area contributed by atoms with Gasteiger partial charge in [-0.1, -0.05) is 206 Å². The third-order valence-electron chi connectivity index (χ3n) is 12.3. The summed E-state index contributed by atoms with van der Waals surface area (Å²) in [6.45, 7) is 0. The minimum Gasteiger partial charge on any atom is -0.208 e. The summed E-state index contributed by atoms with van der Waals surface area (Å²) >= 11 is 1.97. The number of allylic oxidation sites excluding steroid dienone is 3. The van der Waals surface area contributed by atoms with Crippen LogP contribution in [0.15, 0.2) is 217 Å². The van der Waals surface area contributed by atoms with E-state index in [1.54, 1.807) is 0 Å². The molecule has 2 unspecified atom stereocenters. The van der Waals surface area contributed by atoms with Crippen LogP contribution >= 0.6 is 11.8 Å². The van der Waals surface area contributed by atoms with Gasteiger partial charge in [0, 0.05) is 32.8 Å². The summed E-state index contributed by atoms with van der Waals surface area (Å²) in [5, 5.41) is 7.61. The summed E-state index contributed by atoms with van der Waals surface area (Å²) in [5.41, 5.74) is 11.5. The molecule has 286 valence electrons. The van der Waals surface area contributed by atoms with Gasteiger partial charge < -0.3 is 0 Å². The van der Waals surface area contributed by atoms with Gasteiger partial charge in [0.1, 0.15) is 0 Å². The van der Waals surface area contributed by atoms with Crippen molar-refractivity contribution in [3.05, 3.63) is 218 Å². The predicted octanol–water partition coefficient (Wildman–Crippen LogP) is 15.0. The molecule has 61 heavy (non-hydrogen) atoms. The third kappa shape index (κ3) is 6.18. The monoisotopic (exact) mass is 795 g/mol. The Morgan fingerprint density at radius 1 is 0.328 bits per heavy atom. The molecule has 0 saturated carbocycles. The van der Waals surface area contributed by atoms with Crippen LogP contribution < -0.4 is 0 Å². The van der Waals surface area contributed by atoms with E-state index in [1.807, 2.05) is 11.8 Å². The molecule has 0 N–H and O–H groups in total. The summed E-state index contributed by atoms with van der Waals surface area (Å²) < 4.78 is 0. The molecule has 12 rings (SSSR count). The molecule has 2 atom stereocenters. The van der Waals surface area contributed by atoms with Crippen LogP contribution in [0.5, 0.6) is 0 Å². The molecular weight excluding hydrogens is 759 g/mol. The van der Waals surface area contributed by atoms with Crippen molar-refractivity contribution < 1.29 is 0 Å². The van der Waals surface area contributed by atoms with Gasteiger partial charge in [-0.2, -0.15) is 0 Å². The molecule has 2 aliphatic rings. The van der Waals surface area contributed by atoms with E-state index < -0.39 is 0 Å². The number of fused-ring (bicyclic) bond motifs is 6. The molecule has 1 aliphatic carbocycles. The van der Waals surface area contributed by atoms with Gasteiger partial charge >= 0.3 is 0 Å². The summed E-state index contributed by atoms with van der Waals surface area (Å²) in [4.78, 5) is 17.1. The average molecular weight is 796 g/mol. The molecule has 0 bridgehead atoms. The number of benzene rings is 9. The molecule has 4 heteroatoms. The van der Waals surface area contributed by atoms with Crippen LogP contribution in [0.2, 0.25) is 0 Å². The maximum absolute atomic E-state index is 5.27. The van der Waals surface area contributed by atoms with Gasteiger partial charge in [0.2, 0.25) is 0 Å². The van der Waals surface area contributed by atoms with Crippen LogP contribution in [-0.2, 0) is 0 Å². The zero-order chi connectivity index (χ0) is 40.3. The van der Waals surface area contributed by atoms with Crippen molar-refractivity contribution in [3.8, 4) is 67.5 Å². The standard InChI is InChI=1S/C57H37N3S/c1-3-16-42-36(12-1)14-9-21-43(42)38-26-30-40(31-27-38)55-58-56(41-32-28-39(29-33-41)45-22-11-24-51-50-20-7-8-25-53(50)61-54(45)51)60-57(59-55)52-35-34-49(47-18-5-6-19-48(47)52)46-23-10-15-37-13-2-4-17-44(37)46/h1-35,50,53H. The Bertz CT molecular complexity index is 3390. The Balaban J connectivity index is 0.986. The number of hydrogen-bond donors (Lipinski definition) is 0. The molecule has 9 aromatic carbocycles. The fourth-order valence-electron chi connectivity index (χ4n) is 9.31. The fourth-order valence-corrected chi connectivity index (χ4v) is 10.8. The third-order valence-corrected chi connectivity index (χ3v) is 13.7. The molecule has 2 heterocycles. The zero-order valence-corrected chi connectivity index (χ0v) is 33.9. The van der Waals surface area contributed by atoms with Gasteiger partial charge in [0.25, 0.3) is 0 Å². The second-order valence-corrected chi connectivity index (χ2v) is 17.0. The highest BCUT2D eigenvalue weighted by Crippen LogP contribution is 2.51. The van der Waals surface area contributed by atoms with E-state index in [2.05, 4.69) is 212 Å². The molecule has 0 radical (unpaired) electrons. The van der Waals surface area contributed by atoms with Crippen molar-refractivity contribution in [1.82, 2.24) is 15.0 Å². The van der Waals surface area contributed by atoms with Gasteiger partial charge in [-0.15, -0.1) is 11.8 Å². The minimum absolute atomic E-state index is 0.421. The van der Waals surface area contributed by atoms with E-state index in [-0.39, 0.29) is 0 Å². The van der Waals surface area contributed by atoms with Crippen molar-refractivity contribution >= 4 is 44.1 Å². The minimum atomic E-state index is 0.421. The molecule has 0 spiro atoms. The molecule has 1 aliphatic heterocycles. The smallest absolute Gasteiger partial charge is 0.164 e. The van der Waals surface area contributed by atoms with Crippen LogP contribution in [0.1, 0.15) is 11.5 Å². The van der Waals surface area contributed by atoms with E-state index in [1.165, 1.54) is 59.8 Å². The van der Waals surface area contributed by atoms with Crippen LogP contribution in [0.25, 0.3) is 99.9 Å². The SMILES string of the molecule is C1=CC2Sc3c(-c4ccc(-c5nc(-c6ccc(-c7cccc8ccccc78)cc6)nc(-c6ccc(-c7cccc8ccccc78)c7ccccc67)n5)cc4)cccc3C2C=C1. The summed E-state index contributed by atoms with van der Waals surface area (Å²) in [5.74, 6) is 2.34. The fraction of sp³-hybridized carbons (Fsp3) is 0.0351. The second-order valence-electron chi connectivity index (χ2n) is 15.8. The second kappa shape index (κ2) is 14.7. The molecule has 3 nitrogen and oxygen atoms in total. The highest BCUT2D eigenvalue weighted by atomic mass is 32.2. The van der Waals surface area contributed by atoms with E-state index in [4.69, 9.17) is 15.0 Å². The molecule has 0 amide bonds. The van der Waals surface area contributed by atoms with Crippen molar-refractivity contribution in [1.29, 1.82) is 0 Å². The lowest BCUT2D eigenvalue weighted by Crippen LogP contribution is -2.06. The van der Waals surface area contributed by atoms with Crippen LogP contribution in [0.4, 0.5) is 0 Å². The van der Waals surface area contributed by atoms with Gasteiger partial charge in [0.05, 0.1) is 0 Å². The lowest BCUT2D eigenvalue weighted by atomic mass is 9.90. The topological polar surface area (TPSA) is 38.7 Å². The van der Waals surface area contributed by atoms with E-state index in [9.17, 15) is 0 Å². The average Bonchev–Trinajstić information content (AvgIpc) is 3.72. The zero-order valence-electron chi connectivity index (χ0n) is 33.1. The first kappa shape index (κ1) is 35.5. The van der Waals surface area contributed by atoms with Crippen LogP contribution in [-0.4, -0.2) is 20.2 Å². The first-order valence-electron chi connectivity index (χ1n) is 20.8. The number of rotatable bonds is 6. The number of aromatic nitrogens is 3. The van der Waals surface area contributed by atoms with Gasteiger partial charge in [0.15, 0.2) is 17.5 Å². The summed E-state index contributed by atoms with van der Waals surface area (Å²) in [7, 11) is 0. The highest BCUT2D eigenvalue weighted by Gasteiger charge is 2.32. The molecule has 0 saturated heterocycles. The first-order valence-corrected chi connectivity index (χ1v) is 21.7.